The second-order valence-corrected chi connectivity index (χ2v) is 11.5. The minimum Gasteiger partial charge on any atom is -0.494 e. The summed E-state index contributed by atoms with van der Waals surface area (Å²) in [6.45, 7) is 5.39. The summed E-state index contributed by atoms with van der Waals surface area (Å²) >= 11 is 8.22. The Morgan fingerprint density at radius 2 is 1.76 bits per heavy atom. The van der Waals surface area contributed by atoms with E-state index < -0.39 is 18.0 Å². The Morgan fingerprint density at radius 3 is 2.38 bits per heavy atom. The number of halogens is 2. The van der Waals surface area contributed by atoms with Gasteiger partial charge in [0.25, 0.3) is 5.56 Å². The highest BCUT2D eigenvalue weighted by Gasteiger charge is 2.34. The molecule has 0 saturated carbocycles. The van der Waals surface area contributed by atoms with E-state index in [2.05, 4.69) is 41.6 Å². The minimum absolute atomic E-state index is 0.151. The number of esters is 2. The molecule has 0 fully saturated rings. The van der Waals surface area contributed by atoms with Crippen LogP contribution in [0.3, 0.4) is 0 Å². The molecule has 2 heterocycles. The van der Waals surface area contributed by atoms with Crippen molar-refractivity contribution < 1.29 is 33.3 Å². The Bertz CT molecular complexity index is 1720. The zero-order chi connectivity index (χ0) is 30.6. The molecule has 3 aromatic rings. The minimum atomic E-state index is -0.856. The Balaban J connectivity index is 1.91. The second kappa shape index (κ2) is 13.7. The molecule has 1 atom stereocenters. The number of hydrogen-bond acceptors (Lipinski definition) is 10. The molecule has 0 spiro atoms. The van der Waals surface area contributed by atoms with Crippen LogP contribution in [-0.4, -0.2) is 50.5 Å². The lowest BCUT2D eigenvalue weighted by Gasteiger charge is -2.25. The monoisotopic (exact) mass is 722 g/mol. The molecule has 0 aliphatic carbocycles. The Labute approximate surface area is 262 Å². The third-order valence-electron chi connectivity index (χ3n) is 6.20. The van der Waals surface area contributed by atoms with Gasteiger partial charge in [-0.25, -0.2) is 14.6 Å². The molecule has 1 aliphatic heterocycles. The van der Waals surface area contributed by atoms with Crippen molar-refractivity contribution in [3.63, 3.8) is 0 Å². The second-order valence-electron chi connectivity index (χ2n) is 8.82. The van der Waals surface area contributed by atoms with E-state index in [1.54, 1.807) is 45.2 Å². The maximum Gasteiger partial charge on any atom is 0.343 e. The smallest absolute Gasteiger partial charge is 0.343 e. The molecular formula is C29H28Br2N2O8S. The fourth-order valence-corrected chi connectivity index (χ4v) is 6.99. The number of allylic oxidation sites excluding steroid dienone is 1. The summed E-state index contributed by atoms with van der Waals surface area (Å²) in [6.07, 6.45) is 1.76. The van der Waals surface area contributed by atoms with Gasteiger partial charge in [0.1, 0.15) is 5.75 Å². The summed E-state index contributed by atoms with van der Waals surface area (Å²) < 4.78 is 30.2. The molecule has 13 heteroatoms. The Kier molecular flexibility index (Phi) is 10.3. The Morgan fingerprint density at radius 1 is 1.05 bits per heavy atom. The molecule has 0 saturated heterocycles. The van der Waals surface area contributed by atoms with Crippen molar-refractivity contribution >= 4 is 61.2 Å². The van der Waals surface area contributed by atoms with Gasteiger partial charge in [0, 0.05) is 0 Å². The van der Waals surface area contributed by atoms with Crippen molar-refractivity contribution in [1.82, 2.24) is 4.57 Å². The highest BCUT2D eigenvalue weighted by atomic mass is 79.9. The predicted molar refractivity (Wildman–Crippen MR) is 164 cm³/mol. The van der Waals surface area contributed by atoms with Crippen LogP contribution in [0.2, 0.25) is 0 Å². The van der Waals surface area contributed by atoms with Gasteiger partial charge in [-0.1, -0.05) is 17.4 Å². The van der Waals surface area contributed by atoms with E-state index >= 15 is 0 Å². The molecule has 222 valence electrons. The lowest BCUT2D eigenvalue weighted by Crippen LogP contribution is -2.40. The van der Waals surface area contributed by atoms with E-state index in [9.17, 15) is 14.4 Å². The molecule has 0 radical (unpaired) electrons. The van der Waals surface area contributed by atoms with E-state index in [1.165, 1.54) is 23.0 Å². The summed E-state index contributed by atoms with van der Waals surface area (Å²) in [4.78, 5) is 43.9. The number of nitrogens with zero attached hydrogens (tertiary/aromatic N) is 2. The van der Waals surface area contributed by atoms with Crippen LogP contribution in [0.5, 0.6) is 17.2 Å². The third kappa shape index (κ3) is 6.47. The number of carbonyl (C=O) groups is 2. The van der Waals surface area contributed by atoms with Crippen LogP contribution in [0, 0.1) is 0 Å². The number of carbonyl (C=O) groups excluding carboxylic acids is 2. The number of hydrogen-bond donors (Lipinski definition) is 0. The van der Waals surface area contributed by atoms with Crippen LogP contribution in [0.25, 0.3) is 6.08 Å². The van der Waals surface area contributed by atoms with Gasteiger partial charge in [0.15, 0.2) is 22.9 Å². The number of aromatic nitrogens is 1. The number of fused-ring (bicyclic) bond motifs is 1. The first-order valence-electron chi connectivity index (χ1n) is 12.8. The number of benzene rings is 2. The summed E-state index contributed by atoms with van der Waals surface area (Å²) in [6, 6.07) is 7.86. The van der Waals surface area contributed by atoms with Gasteiger partial charge in [0.05, 0.1) is 58.2 Å². The molecule has 1 aromatic heterocycles. The number of methoxy groups -OCH3 is 2. The number of ether oxygens (including phenoxy) is 5. The maximum absolute atomic E-state index is 14.0. The van der Waals surface area contributed by atoms with Crippen LogP contribution in [-0.2, 0) is 19.1 Å². The average molecular weight is 724 g/mol. The molecular weight excluding hydrogens is 696 g/mol. The van der Waals surface area contributed by atoms with Gasteiger partial charge >= 0.3 is 11.9 Å². The molecule has 1 aliphatic rings. The van der Waals surface area contributed by atoms with Gasteiger partial charge in [0.2, 0.25) is 0 Å². The lowest BCUT2D eigenvalue weighted by molar-refractivity contribution is -0.143. The first-order valence-corrected chi connectivity index (χ1v) is 15.2. The van der Waals surface area contributed by atoms with Crippen molar-refractivity contribution in [3.05, 3.63) is 81.4 Å². The quantitative estimate of drug-likeness (QED) is 0.285. The van der Waals surface area contributed by atoms with E-state index in [0.717, 1.165) is 14.5 Å². The van der Waals surface area contributed by atoms with Crippen molar-refractivity contribution in [1.29, 1.82) is 0 Å². The summed E-state index contributed by atoms with van der Waals surface area (Å²) in [5.41, 5.74) is 1.67. The van der Waals surface area contributed by atoms with Crippen molar-refractivity contribution in [2.24, 2.45) is 4.99 Å². The van der Waals surface area contributed by atoms with Crippen LogP contribution in [0.15, 0.2) is 60.3 Å². The molecule has 0 bridgehead atoms. The standard InChI is InChI=1S/C29H28Br2N2O8S/c1-6-39-21-13-17(8-9-20(21)41-14-23(34)37-4)25-24(28(36)40-7-2)15(3)32-29-33(25)27(35)22(42-29)12-16-10-18(30)26(38-5)19(31)11-16/h8-13,25H,6-7,14H2,1-5H3/b22-12-/t25-/m1/s1. The molecule has 10 nitrogen and oxygen atoms in total. The molecule has 0 unspecified atom stereocenters. The zero-order valence-corrected chi connectivity index (χ0v) is 27.5. The van der Waals surface area contributed by atoms with Gasteiger partial charge < -0.3 is 23.7 Å². The van der Waals surface area contributed by atoms with Crippen molar-refractivity contribution in [2.45, 2.75) is 26.8 Å². The van der Waals surface area contributed by atoms with Gasteiger partial charge in [-0.15, -0.1) is 0 Å². The largest absolute Gasteiger partial charge is 0.494 e. The maximum atomic E-state index is 14.0. The van der Waals surface area contributed by atoms with Crippen LogP contribution < -0.4 is 29.1 Å². The van der Waals surface area contributed by atoms with Crippen LogP contribution >= 0.6 is 43.2 Å². The molecule has 0 N–H and O–H groups in total. The highest BCUT2D eigenvalue weighted by Crippen LogP contribution is 2.37. The lowest BCUT2D eigenvalue weighted by atomic mass is 9.95. The molecule has 4 rings (SSSR count). The van der Waals surface area contributed by atoms with Gasteiger partial charge in [-0.3, -0.25) is 9.36 Å². The summed E-state index contributed by atoms with van der Waals surface area (Å²) in [7, 11) is 2.84. The van der Waals surface area contributed by atoms with Gasteiger partial charge in [-0.2, -0.15) is 0 Å². The third-order valence-corrected chi connectivity index (χ3v) is 8.36. The SMILES string of the molecule is CCOC(=O)C1=C(C)N=c2s/c(=C\c3cc(Br)c(OC)c(Br)c3)c(=O)n2[C@@H]1c1ccc(OCC(=O)OC)c(OCC)c1. The fourth-order valence-electron chi connectivity index (χ4n) is 4.39. The molecule has 42 heavy (non-hydrogen) atoms. The van der Waals surface area contributed by atoms with Crippen molar-refractivity contribution in [2.75, 3.05) is 34.0 Å². The van der Waals surface area contributed by atoms with Crippen LogP contribution in [0.4, 0.5) is 0 Å². The van der Waals surface area contributed by atoms with E-state index in [4.69, 9.17) is 18.9 Å². The summed E-state index contributed by atoms with van der Waals surface area (Å²) in [5, 5.41) is 0. The number of thiazole rings is 1. The van der Waals surface area contributed by atoms with Crippen molar-refractivity contribution in [3.8, 4) is 17.2 Å². The van der Waals surface area contributed by atoms with E-state index in [1.807, 2.05) is 19.1 Å². The fraction of sp³-hybridized carbons (Fsp3) is 0.310. The normalized spacial score (nSPS) is 14.6. The summed E-state index contributed by atoms with van der Waals surface area (Å²) in [5.74, 6) is 0.157. The number of rotatable bonds is 10. The molecule has 0 amide bonds. The average Bonchev–Trinajstić information content (AvgIpc) is 3.25. The van der Waals surface area contributed by atoms with Gasteiger partial charge in [-0.05, 0) is 94.1 Å². The first kappa shape index (κ1) is 31.5. The first-order chi connectivity index (χ1) is 20.1. The Hall–Kier alpha value is -3.42. The highest BCUT2D eigenvalue weighted by molar-refractivity contribution is 9.11. The zero-order valence-electron chi connectivity index (χ0n) is 23.5. The van der Waals surface area contributed by atoms with Crippen LogP contribution in [0.1, 0.15) is 37.9 Å². The van der Waals surface area contributed by atoms with E-state index in [-0.39, 0.29) is 24.3 Å². The molecule has 2 aromatic carbocycles. The topological polar surface area (TPSA) is 115 Å². The predicted octanol–water partition coefficient (Wildman–Crippen LogP) is 4.28. The van der Waals surface area contributed by atoms with E-state index in [0.29, 0.717) is 44.4 Å².